The number of aromatic nitrogens is 3. The molecule has 2 aromatic carbocycles. The smallest absolute Gasteiger partial charge is 0.277 e. The Hall–Kier alpha value is -3.41. The van der Waals surface area contributed by atoms with Crippen LogP contribution in [0.3, 0.4) is 0 Å². The molecule has 0 fully saturated rings. The average Bonchev–Trinajstić information content (AvgIpc) is 3.09. The second-order valence-electron chi connectivity index (χ2n) is 5.68. The summed E-state index contributed by atoms with van der Waals surface area (Å²) in [6.07, 6.45) is 0. The Labute approximate surface area is 143 Å². The summed E-state index contributed by atoms with van der Waals surface area (Å²) in [6.45, 7) is 2.47. The van der Waals surface area contributed by atoms with Crippen LogP contribution in [0.5, 0.6) is 0 Å². The van der Waals surface area contributed by atoms with Crippen LogP contribution in [-0.2, 0) is 6.54 Å². The van der Waals surface area contributed by atoms with E-state index in [1.165, 1.54) is 0 Å². The molecule has 0 saturated heterocycles. The second-order valence-corrected chi connectivity index (χ2v) is 5.68. The topological polar surface area (TPSA) is 68.4 Å². The Morgan fingerprint density at radius 2 is 1.68 bits per heavy atom. The van der Waals surface area contributed by atoms with Gasteiger partial charge in [0.25, 0.3) is 11.5 Å². The number of rotatable bonds is 3. The van der Waals surface area contributed by atoms with Crippen molar-refractivity contribution in [3.05, 3.63) is 76.7 Å². The lowest BCUT2D eigenvalue weighted by Crippen LogP contribution is -2.22. The zero-order valence-electron chi connectivity index (χ0n) is 13.6. The second kappa shape index (κ2) is 5.90. The zero-order valence-corrected chi connectivity index (χ0v) is 13.6. The standard InChI is InChI=1S/C19H16N4O2/c1-2-22-15-10-6-7-11-16(15)23-17(19(22)25)12-14(21-23)18(24)20-13-8-4-3-5-9-13/h3-12H,2H2,1H3,(H,20,24). The Morgan fingerprint density at radius 3 is 2.40 bits per heavy atom. The highest BCUT2D eigenvalue weighted by atomic mass is 16.2. The van der Waals surface area contributed by atoms with Crippen molar-refractivity contribution in [2.45, 2.75) is 13.5 Å². The van der Waals surface area contributed by atoms with Gasteiger partial charge in [-0.3, -0.25) is 9.59 Å². The molecule has 0 unspecified atom stereocenters. The van der Waals surface area contributed by atoms with E-state index < -0.39 is 0 Å². The molecule has 0 aliphatic carbocycles. The van der Waals surface area contributed by atoms with E-state index in [1.54, 1.807) is 27.3 Å². The highest BCUT2D eigenvalue weighted by Gasteiger charge is 2.16. The molecule has 2 aromatic heterocycles. The van der Waals surface area contributed by atoms with E-state index in [2.05, 4.69) is 10.4 Å². The maximum atomic E-state index is 12.7. The van der Waals surface area contributed by atoms with Gasteiger partial charge in [0.15, 0.2) is 5.69 Å². The van der Waals surface area contributed by atoms with E-state index in [4.69, 9.17) is 0 Å². The molecule has 0 saturated carbocycles. The fourth-order valence-electron chi connectivity index (χ4n) is 2.98. The normalized spacial score (nSPS) is 11.1. The van der Waals surface area contributed by atoms with Crippen molar-refractivity contribution in [3.63, 3.8) is 0 Å². The van der Waals surface area contributed by atoms with Crippen LogP contribution in [0, 0.1) is 0 Å². The fraction of sp³-hybridized carbons (Fsp3) is 0.105. The number of benzene rings is 2. The molecule has 124 valence electrons. The van der Waals surface area contributed by atoms with Gasteiger partial charge in [-0.2, -0.15) is 5.10 Å². The van der Waals surface area contributed by atoms with Gasteiger partial charge < -0.3 is 9.88 Å². The SMILES string of the molecule is CCn1c(=O)c2cc(C(=O)Nc3ccccc3)nn2c2ccccc21. The highest BCUT2D eigenvalue weighted by Crippen LogP contribution is 2.16. The van der Waals surface area contributed by atoms with Gasteiger partial charge in [0.2, 0.25) is 0 Å². The van der Waals surface area contributed by atoms with Gasteiger partial charge in [-0.1, -0.05) is 30.3 Å². The van der Waals surface area contributed by atoms with Gasteiger partial charge in [-0.25, -0.2) is 4.52 Å². The quantitative estimate of drug-likeness (QED) is 0.627. The summed E-state index contributed by atoms with van der Waals surface area (Å²) in [6, 6.07) is 18.2. The van der Waals surface area contributed by atoms with Crippen molar-refractivity contribution in [2.75, 3.05) is 5.32 Å². The molecule has 0 aliphatic heterocycles. The van der Waals surface area contributed by atoms with Gasteiger partial charge in [0, 0.05) is 18.3 Å². The number of hydrogen-bond donors (Lipinski definition) is 1. The molecule has 2 heterocycles. The van der Waals surface area contributed by atoms with Crippen LogP contribution in [0.15, 0.2) is 65.5 Å². The Kier molecular flexibility index (Phi) is 3.57. The number of nitrogens with zero attached hydrogens (tertiary/aromatic N) is 3. The Morgan fingerprint density at radius 1 is 1.00 bits per heavy atom. The first-order chi connectivity index (χ1) is 12.2. The average molecular weight is 332 g/mol. The summed E-state index contributed by atoms with van der Waals surface area (Å²) in [5.74, 6) is -0.346. The molecule has 6 nitrogen and oxygen atoms in total. The zero-order chi connectivity index (χ0) is 17.4. The van der Waals surface area contributed by atoms with E-state index in [0.29, 0.717) is 17.7 Å². The van der Waals surface area contributed by atoms with Gasteiger partial charge in [-0.05, 0) is 31.2 Å². The molecule has 0 radical (unpaired) electrons. The first-order valence-corrected chi connectivity index (χ1v) is 8.07. The summed E-state index contributed by atoms with van der Waals surface area (Å²) >= 11 is 0. The number of anilines is 1. The van der Waals surface area contributed by atoms with Crippen LogP contribution in [-0.4, -0.2) is 20.1 Å². The third kappa shape index (κ3) is 2.48. The first-order valence-electron chi connectivity index (χ1n) is 8.07. The first kappa shape index (κ1) is 15.1. The van der Waals surface area contributed by atoms with Crippen LogP contribution in [0.25, 0.3) is 16.6 Å². The van der Waals surface area contributed by atoms with Crippen molar-refractivity contribution in [3.8, 4) is 0 Å². The molecular formula is C19H16N4O2. The van der Waals surface area contributed by atoms with Crippen molar-refractivity contribution in [1.82, 2.24) is 14.2 Å². The molecule has 1 N–H and O–H groups in total. The summed E-state index contributed by atoms with van der Waals surface area (Å²) in [4.78, 5) is 25.2. The van der Waals surface area contributed by atoms with E-state index >= 15 is 0 Å². The lowest BCUT2D eigenvalue weighted by molar-refractivity contribution is 0.102. The molecular weight excluding hydrogens is 316 g/mol. The number of hydrogen-bond acceptors (Lipinski definition) is 3. The predicted octanol–water partition coefficient (Wildman–Crippen LogP) is 2.92. The molecule has 4 rings (SSSR count). The number of aryl methyl sites for hydroxylation is 1. The van der Waals surface area contributed by atoms with Crippen LogP contribution < -0.4 is 10.9 Å². The highest BCUT2D eigenvalue weighted by molar-refractivity contribution is 6.03. The third-order valence-electron chi connectivity index (χ3n) is 4.15. The molecule has 0 atom stereocenters. The molecule has 0 aliphatic rings. The Bertz CT molecular complexity index is 1140. The van der Waals surface area contributed by atoms with Gasteiger partial charge in [0.05, 0.1) is 11.0 Å². The van der Waals surface area contributed by atoms with Crippen molar-refractivity contribution in [1.29, 1.82) is 0 Å². The van der Waals surface area contributed by atoms with Crippen LogP contribution >= 0.6 is 0 Å². The monoisotopic (exact) mass is 332 g/mol. The number of amides is 1. The van der Waals surface area contributed by atoms with Crippen molar-refractivity contribution < 1.29 is 4.79 Å². The Balaban J connectivity index is 1.88. The number of carbonyl (C=O) groups excluding carboxylic acids is 1. The molecule has 0 spiro atoms. The molecule has 0 bridgehead atoms. The van der Waals surface area contributed by atoms with Gasteiger partial charge in [0.1, 0.15) is 5.52 Å². The van der Waals surface area contributed by atoms with E-state index in [1.807, 2.05) is 49.4 Å². The maximum Gasteiger partial charge on any atom is 0.277 e. The molecule has 6 heteroatoms. The van der Waals surface area contributed by atoms with Crippen LogP contribution in [0.1, 0.15) is 17.4 Å². The summed E-state index contributed by atoms with van der Waals surface area (Å²) < 4.78 is 3.23. The lowest BCUT2D eigenvalue weighted by atomic mass is 10.2. The minimum Gasteiger partial charge on any atom is -0.321 e. The molecule has 1 amide bonds. The van der Waals surface area contributed by atoms with Gasteiger partial charge >= 0.3 is 0 Å². The maximum absolute atomic E-state index is 12.7. The minimum atomic E-state index is -0.346. The summed E-state index contributed by atoms with van der Waals surface area (Å²) in [5, 5.41) is 7.16. The number of fused-ring (bicyclic) bond motifs is 3. The number of para-hydroxylation sites is 3. The summed E-state index contributed by atoms with van der Waals surface area (Å²) in [5.41, 5.74) is 2.70. The van der Waals surface area contributed by atoms with E-state index in [0.717, 1.165) is 11.0 Å². The fourth-order valence-corrected chi connectivity index (χ4v) is 2.98. The number of carbonyl (C=O) groups is 1. The number of nitrogens with one attached hydrogen (secondary N) is 1. The molecule has 4 aromatic rings. The summed E-state index contributed by atoms with van der Waals surface area (Å²) in [7, 11) is 0. The third-order valence-corrected chi connectivity index (χ3v) is 4.15. The predicted molar refractivity (Wildman–Crippen MR) is 97.0 cm³/mol. The largest absolute Gasteiger partial charge is 0.321 e. The minimum absolute atomic E-state index is 0.160. The van der Waals surface area contributed by atoms with Crippen molar-refractivity contribution in [2.24, 2.45) is 0 Å². The lowest BCUT2D eigenvalue weighted by Gasteiger charge is -2.08. The van der Waals surface area contributed by atoms with Crippen LogP contribution in [0.2, 0.25) is 0 Å². The van der Waals surface area contributed by atoms with E-state index in [-0.39, 0.29) is 17.2 Å². The van der Waals surface area contributed by atoms with Crippen molar-refractivity contribution >= 4 is 28.1 Å². The van der Waals surface area contributed by atoms with Gasteiger partial charge in [-0.15, -0.1) is 0 Å². The van der Waals surface area contributed by atoms with Crippen LogP contribution in [0.4, 0.5) is 5.69 Å². The molecule has 25 heavy (non-hydrogen) atoms. The van der Waals surface area contributed by atoms with E-state index in [9.17, 15) is 9.59 Å².